The van der Waals surface area contributed by atoms with E-state index in [-0.39, 0.29) is 0 Å². The summed E-state index contributed by atoms with van der Waals surface area (Å²) in [5, 5.41) is 3.90. The summed E-state index contributed by atoms with van der Waals surface area (Å²) >= 11 is 6.08. The molecule has 2 rings (SSSR count). The molecular formula is C11H14ClN3. The minimum Gasteiger partial charge on any atom is -0.398 e. The highest BCUT2D eigenvalue weighted by Crippen LogP contribution is 2.26. The van der Waals surface area contributed by atoms with Gasteiger partial charge in [0, 0.05) is 13.0 Å². The number of hydrogen-bond donors (Lipinski definition) is 2. The Labute approximate surface area is 94.3 Å². The zero-order chi connectivity index (χ0) is 10.8. The summed E-state index contributed by atoms with van der Waals surface area (Å²) in [7, 11) is 0. The molecule has 1 aromatic carbocycles. The van der Waals surface area contributed by atoms with Gasteiger partial charge in [-0.25, -0.2) is 0 Å². The second-order valence-corrected chi connectivity index (χ2v) is 4.06. The number of amidine groups is 1. The summed E-state index contributed by atoms with van der Waals surface area (Å²) < 4.78 is 0. The van der Waals surface area contributed by atoms with Gasteiger partial charge >= 0.3 is 0 Å². The Balaban J connectivity index is 2.25. The van der Waals surface area contributed by atoms with Gasteiger partial charge in [-0.3, -0.25) is 4.99 Å². The maximum atomic E-state index is 6.08. The smallest absolute Gasteiger partial charge is 0.101 e. The van der Waals surface area contributed by atoms with Crippen molar-refractivity contribution in [1.29, 1.82) is 0 Å². The number of rotatable bonds is 2. The van der Waals surface area contributed by atoms with Crippen LogP contribution in [0.15, 0.2) is 17.1 Å². The predicted octanol–water partition coefficient (Wildman–Crippen LogP) is 1.77. The lowest BCUT2D eigenvalue weighted by atomic mass is 10.0. The predicted molar refractivity (Wildman–Crippen MR) is 64.6 cm³/mol. The van der Waals surface area contributed by atoms with Gasteiger partial charge in [-0.15, -0.1) is 0 Å². The molecule has 3 nitrogen and oxygen atoms in total. The molecule has 0 fully saturated rings. The molecule has 0 aromatic heterocycles. The maximum Gasteiger partial charge on any atom is 0.101 e. The number of aliphatic imine (C=N–C) groups is 1. The average Bonchev–Trinajstić information content (AvgIpc) is 2.72. The number of nitrogens with two attached hydrogens (primary N) is 1. The molecule has 1 heterocycles. The third-order valence-corrected chi connectivity index (χ3v) is 3.13. The van der Waals surface area contributed by atoms with Gasteiger partial charge < -0.3 is 11.1 Å². The summed E-state index contributed by atoms with van der Waals surface area (Å²) in [6.07, 6.45) is 0.811. The summed E-state index contributed by atoms with van der Waals surface area (Å²) in [5.74, 6) is 1.04. The minimum atomic E-state index is 0.638. The molecule has 1 aliphatic rings. The first-order valence-corrected chi connectivity index (χ1v) is 5.37. The van der Waals surface area contributed by atoms with Crippen LogP contribution in [0.3, 0.4) is 0 Å². The number of hydrogen-bond acceptors (Lipinski definition) is 3. The lowest BCUT2D eigenvalue weighted by Gasteiger charge is -2.09. The van der Waals surface area contributed by atoms with Crippen LogP contribution in [0.25, 0.3) is 0 Å². The van der Waals surface area contributed by atoms with E-state index in [9.17, 15) is 0 Å². The molecule has 0 bridgehead atoms. The molecule has 0 unspecified atom stereocenters. The van der Waals surface area contributed by atoms with Crippen LogP contribution in [-0.4, -0.2) is 18.9 Å². The van der Waals surface area contributed by atoms with Crippen LogP contribution in [0, 0.1) is 6.92 Å². The number of nitrogens with zero attached hydrogens (tertiary/aromatic N) is 1. The Bertz CT molecular complexity index is 413. The third-order valence-electron chi connectivity index (χ3n) is 2.63. The van der Waals surface area contributed by atoms with Crippen LogP contribution in [0.5, 0.6) is 0 Å². The van der Waals surface area contributed by atoms with E-state index >= 15 is 0 Å². The summed E-state index contributed by atoms with van der Waals surface area (Å²) in [6, 6.07) is 3.86. The molecule has 1 aromatic rings. The Morgan fingerprint density at radius 1 is 1.53 bits per heavy atom. The third kappa shape index (κ3) is 2.07. The van der Waals surface area contributed by atoms with Crippen molar-refractivity contribution in [3.8, 4) is 0 Å². The SMILES string of the molecule is Cc1c(CC2=NCCN2)ccc(N)c1Cl. The fraction of sp³-hybridized carbons (Fsp3) is 0.364. The molecule has 0 aliphatic carbocycles. The van der Waals surface area contributed by atoms with Gasteiger partial charge in [-0.1, -0.05) is 17.7 Å². The Morgan fingerprint density at radius 3 is 3.00 bits per heavy atom. The van der Waals surface area contributed by atoms with Crippen molar-refractivity contribution in [2.45, 2.75) is 13.3 Å². The van der Waals surface area contributed by atoms with E-state index in [2.05, 4.69) is 10.3 Å². The topological polar surface area (TPSA) is 50.4 Å². The van der Waals surface area contributed by atoms with Crippen molar-refractivity contribution in [3.05, 3.63) is 28.3 Å². The summed E-state index contributed by atoms with van der Waals surface area (Å²) in [4.78, 5) is 4.36. The van der Waals surface area contributed by atoms with Crippen LogP contribution in [0.4, 0.5) is 5.69 Å². The first kappa shape index (κ1) is 10.3. The van der Waals surface area contributed by atoms with E-state index in [1.54, 1.807) is 0 Å². The van der Waals surface area contributed by atoms with Crippen LogP contribution in [-0.2, 0) is 6.42 Å². The summed E-state index contributed by atoms with van der Waals surface area (Å²) in [5.41, 5.74) is 8.59. The molecule has 0 atom stereocenters. The molecule has 0 saturated heterocycles. The zero-order valence-electron chi connectivity index (χ0n) is 8.68. The van der Waals surface area contributed by atoms with E-state index in [1.165, 1.54) is 5.56 Å². The fourth-order valence-electron chi connectivity index (χ4n) is 1.68. The van der Waals surface area contributed by atoms with Crippen molar-refractivity contribution in [2.24, 2.45) is 4.99 Å². The number of nitrogen functional groups attached to an aromatic ring is 1. The lowest BCUT2D eigenvalue weighted by Crippen LogP contribution is -2.21. The highest BCUT2D eigenvalue weighted by Gasteiger charge is 2.10. The molecule has 4 heteroatoms. The molecule has 3 N–H and O–H groups in total. The van der Waals surface area contributed by atoms with Crippen LogP contribution < -0.4 is 11.1 Å². The van der Waals surface area contributed by atoms with Crippen molar-refractivity contribution in [1.82, 2.24) is 5.32 Å². The largest absolute Gasteiger partial charge is 0.398 e. The number of nitrogens with one attached hydrogen (secondary N) is 1. The molecular weight excluding hydrogens is 210 g/mol. The maximum absolute atomic E-state index is 6.08. The highest BCUT2D eigenvalue weighted by molar-refractivity contribution is 6.33. The van der Waals surface area contributed by atoms with Gasteiger partial charge in [0.05, 0.1) is 17.3 Å². The summed E-state index contributed by atoms with van der Waals surface area (Å²) in [6.45, 7) is 3.80. The zero-order valence-corrected chi connectivity index (χ0v) is 9.43. The molecule has 15 heavy (non-hydrogen) atoms. The second-order valence-electron chi connectivity index (χ2n) is 3.68. The van der Waals surface area contributed by atoms with E-state index in [0.717, 1.165) is 30.9 Å². The standard InChI is InChI=1S/C11H14ClN3/c1-7-8(2-3-9(13)11(7)12)6-10-14-4-5-15-10/h2-3H,4-6,13H2,1H3,(H,14,15). The van der Waals surface area contributed by atoms with Crippen molar-refractivity contribution in [3.63, 3.8) is 0 Å². The highest BCUT2D eigenvalue weighted by atomic mass is 35.5. The van der Waals surface area contributed by atoms with Gasteiger partial charge in [0.25, 0.3) is 0 Å². The van der Waals surface area contributed by atoms with Crippen LogP contribution in [0.2, 0.25) is 5.02 Å². The van der Waals surface area contributed by atoms with Crippen molar-refractivity contribution in [2.75, 3.05) is 18.8 Å². The average molecular weight is 224 g/mol. The van der Waals surface area contributed by atoms with Crippen LogP contribution in [0.1, 0.15) is 11.1 Å². The lowest BCUT2D eigenvalue weighted by molar-refractivity contribution is 0.953. The van der Waals surface area contributed by atoms with E-state index in [4.69, 9.17) is 17.3 Å². The molecule has 1 aliphatic heterocycles. The first-order valence-electron chi connectivity index (χ1n) is 4.99. The minimum absolute atomic E-state index is 0.638. The normalized spacial score (nSPS) is 14.9. The van der Waals surface area contributed by atoms with E-state index in [1.807, 2.05) is 19.1 Å². The van der Waals surface area contributed by atoms with E-state index in [0.29, 0.717) is 10.7 Å². The van der Waals surface area contributed by atoms with Crippen LogP contribution >= 0.6 is 11.6 Å². The van der Waals surface area contributed by atoms with E-state index < -0.39 is 0 Å². The van der Waals surface area contributed by atoms with Crippen molar-refractivity contribution < 1.29 is 0 Å². The number of anilines is 1. The monoisotopic (exact) mass is 223 g/mol. The molecule has 0 radical (unpaired) electrons. The molecule has 0 amide bonds. The fourth-order valence-corrected chi connectivity index (χ4v) is 1.87. The number of halogens is 1. The van der Waals surface area contributed by atoms with Crippen molar-refractivity contribution >= 4 is 23.1 Å². The number of benzene rings is 1. The second kappa shape index (κ2) is 4.11. The Kier molecular flexibility index (Phi) is 2.82. The molecule has 0 saturated carbocycles. The first-order chi connectivity index (χ1) is 7.18. The van der Waals surface area contributed by atoms with Gasteiger partial charge in [-0.05, 0) is 24.1 Å². The molecule has 0 spiro atoms. The van der Waals surface area contributed by atoms with Gasteiger partial charge in [0.1, 0.15) is 5.84 Å². The van der Waals surface area contributed by atoms with Gasteiger partial charge in [0.2, 0.25) is 0 Å². The van der Waals surface area contributed by atoms with Gasteiger partial charge in [0.15, 0.2) is 0 Å². The Morgan fingerprint density at radius 2 is 2.33 bits per heavy atom. The van der Waals surface area contributed by atoms with Gasteiger partial charge in [-0.2, -0.15) is 0 Å². The Hall–Kier alpha value is -1.22. The molecule has 80 valence electrons. The quantitative estimate of drug-likeness (QED) is 0.751.